The van der Waals surface area contributed by atoms with Gasteiger partial charge >= 0.3 is 0 Å². The first-order valence-electron chi connectivity index (χ1n) is 5.78. The monoisotopic (exact) mass is 253 g/mol. The Balaban J connectivity index is 2.37. The summed E-state index contributed by atoms with van der Waals surface area (Å²) >= 11 is 0. The number of H-pyrrole nitrogens is 1. The molecule has 5 nitrogen and oxygen atoms in total. The number of nitrogens with one attached hydrogen (secondary N) is 1. The first-order valence-corrected chi connectivity index (χ1v) is 5.78. The minimum atomic E-state index is -0.392. The Morgan fingerprint density at radius 3 is 2.53 bits per heavy atom. The second kappa shape index (κ2) is 4.13. The molecule has 94 valence electrons. The van der Waals surface area contributed by atoms with Gasteiger partial charge in [0.05, 0.1) is 10.5 Å². The summed E-state index contributed by atoms with van der Waals surface area (Å²) in [7, 11) is 0. The Hall–Kier alpha value is -2.82. The van der Waals surface area contributed by atoms with Crippen LogP contribution < -0.4 is 5.73 Å². The Bertz CT molecular complexity index is 777. The van der Waals surface area contributed by atoms with Crippen molar-refractivity contribution >= 4 is 22.4 Å². The molecule has 0 radical (unpaired) electrons. The van der Waals surface area contributed by atoms with Crippen molar-refractivity contribution in [3.8, 4) is 11.1 Å². The van der Waals surface area contributed by atoms with Gasteiger partial charge in [-0.25, -0.2) is 0 Å². The van der Waals surface area contributed by atoms with E-state index >= 15 is 0 Å². The second-order valence-corrected chi connectivity index (χ2v) is 4.23. The average molecular weight is 253 g/mol. The summed E-state index contributed by atoms with van der Waals surface area (Å²) in [6.07, 6.45) is 0. The molecule has 1 aromatic heterocycles. The minimum Gasteiger partial charge on any atom is -0.385 e. The molecule has 1 heterocycles. The van der Waals surface area contributed by atoms with Gasteiger partial charge in [-0.2, -0.15) is 0 Å². The fourth-order valence-electron chi connectivity index (χ4n) is 2.30. The highest BCUT2D eigenvalue weighted by Crippen LogP contribution is 2.38. The SMILES string of the molecule is Nc1[nH]c2ccccc2c1-c1ccccc1[N+](=O)[O-]. The molecule has 5 heteroatoms. The zero-order valence-electron chi connectivity index (χ0n) is 9.96. The summed E-state index contributed by atoms with van der Waals surface area (Å²) in [5, 5.41) is 12.0. The molecule has 0 bridgehead atoms. The van der Waals surface area contributed by atoms with Crippen LogP contribution in [0.3, 0.4) is 0 Å². The van der Waals surface area contributed by atoms with Gasteiger partial charge in [0.1, 0.15) is 5.82 Å². The standard InChI is InChI=1S/C14H11N3O2/c15-14-13(9-5-1-3-7-11(9)16-14)10-6-2-4-8-12(10)17(18)19/h1-8,16H,15H2. The average Bonchev–Trinajstić information content (AvgIpc) is 2.74. The zero-order chi connectivity index (χ0) is 13.4. The molecule has 0 aliphatic carbocycles. The van der Waals surface area contributed by atoms with E-state index in [4.69, 9.17) is 5.73 Å². The van der Waals surface area contributed by atoms with Crippen molar-refractivity contribution in [1.82, 2.24) is 4.98 Å². The lowest BCUT2D eigenvalue weighted by atomic mass is 10.0. The molecule has 0 fully saturated rings. The van der Waals surface area contributed by atoms with E-state index in [2.05, 4.69) is 4.98 Å². The largest absolute Gasteiger partial charge is 0.385 e. The van der Waals surface area contributed by atoms with Crippen molar-refractivity contribution in [1.29, 1.82) is 0 Å². The van der Waals surface area contributed by atoms with Crippen LogP contribution in [-0.2, 0) is 0 Å². The summed E-state index contributed by atoms with van der Waals surface area (Å²) < 4.78 is 0. The van der Waals surface area contributed by atoms with E-state index in [-0.39, 0.29) is 5.69 Å². The molecule has 19 heavy (non-hydrogen) atoms. The van der Waals surface area contributed by atoms with Crippen molar-refractivity contribution in [2.75, 3.05) is 5.73 Å². The molecule has 3 N–H and O–H groups in total. The number of nitro groups is 1. The lowest BCUT2D eigenvalue weighted by Gasteiger charge is -2.03. The first-order chi connectivity index (χ1) is 9.18. The summed E-state index contributed by atoms with van der Waals surface area (Å²) in [4.78, 5) is 13.8. The van der Waals surface area contributed by atoms with Crippen LogP contribution in [0.5, 0.6) is 0 Å². The molecule has 2 aromatic carbocycles. The molecular weight excluding hydrogens is 242 g/mol. The van der Waals surface area contributed by atoms with Gasteiger partial charge in [-0.1, -0.05) is 30.3 Å². The molecule has 0 spiro atoms. The Kier molecular flexibility index (Phi) is 2.45. The normalized spacial score (nSPS) is 10.7. The maximum absolute atomic E-state index is 11.1. The maximum Gasteiger partial charge on any atom is 0.277 e. The number of aromatic nitrogens is 1. The van der Waals surface area contributed by atoms with Crippen LogP contribution in [-0.4, -0.2) is 9.91 Å². The molecule has 0 saturated carbocycles. The summed E-state index contributed by atoms with van der Waals surface area (Å²) in [5.74, 6) is 0.440. The summed E-state index contributed by atoms with van der Waals surface area (Å²) in [5.41, 5.74) is 8.11. The number of hydrogen-bond acceptors (Lipinski definition) is 3. The number of nitrogens with two attached hydrogens (primary N) is 1. The molecule has 0 aliphatic heterocycles. The second-order valence-electron chi connectivity index (χ2n) is 4.23. The fraction of sp³-hybridized carbons (Fsp3) is 0. The van der Waals surface area contributed by atoms with Crippen LogP contribution in [0.15, 0.2) is 48.5 Å². The molecule has 0 atom stereocenters. The fourth-order valence-corrected chi connectivity index (χ4v) is 2.30. The van der Waals surface area contributed by atoms with Gasteiger partial charge in [-0.15, -0.1) is 0 Å². The Morgan fingerprint density at radius 2 is 1.74 bits per heavy atom. The number of nitro benzene ring substituents is 1. The Labute approximate surface area is 108 Å². The van der Waals surface area contributed by atoms with Gasteiger partial charge in [0.2, 0.25) is 0 Å². The van der Waals surface area contributed by atoms with E-state index in [0.29, 0.717) is 16.9 Å². The zero-order valence-corrected chi connectivity index (χ0v) is 9.96. The van der Waals surface area contributed by atoms with E-state index < -0.39 is 4.92 Å². The van der Waals surface area contributed by atoms with Crippen molar-refractivity contribution in [2.24, 2.45) is 0 Å². The molecule has 3 rings (SSSR count). The van der Waals surface area contributed by atoms with Gasteiger partial charge in [0, 0.05) is 22.5 Å². The smallest absolute Gasteiger partial charge is 0.277 e. The summed E-state index contributed by atoms with van der Waals surface area (Å²) in [6, 6.07) is 14.2. The van der Waals surface area contributed by atoms with E-state index in [0.717, 1.165) is 10.9 Å². The summed E-state index contributed by atoms with van der Waals surface area (Å²) in [6.45, 7) is 0. The number of hydrogen-bond donors (Lipinski definition) is 2. The van der Waals surface area contributed by atoms with Gasteiger partial charge in [-0.3, -0.25) is 10.1 Å². The van der Waals surface area contributed by atoms with Crippen LogP contribution in [0.1, 0.15) is 0 Å². The first kappa shape index (κ1) is 11.3. The lowest BCUT2D eigenvalue weighted by Crippen LogP contribution is -1.93. The third-order valence-electron chi connectivity index (χ3n) is 3.11. The molecule has 0 aliphatic rings. The molecule has 0 saturated heterocycles. The molecular formula is C14H11N3O2. The molecule has 0 amide bonds. The molecule has 3 aromatic rings. The van der Waals surface area contributed by atoms with Crippen LogP contribution >= 0.6 is 0 Å². The van der Waals surface area contributed by atoms with Crippen molar-refractivity contribution in [3.63, 3.8) is 0 Å². The van der Waals surface area contributed by atoms with Gasteiger partial charge in [-0.05, 0) is 12.1 Å². The van der Waals surface area contributed by atoms with Crippen LogP contribution in [0.25, 0.3) is 22.0 Å². The highest BCUT2D eigenvalue weighted by atomic mass is 16.6. The third kappa shape index (κ3) is 1.72. The highest BCUT2D eigenvalue weighted by molar-refractivity contribution is 6.03. The van der Waals surface area contributed by atoms with Crippen LogP contribution in [0.2, 0.25) is 0 Å². The number of fused-ring (bicyclic) bond motifs is 1. The third-order valence-corrected chi connectivity index (χ3v) is 3.11. The quantitative estimate of drug-likeness (QED) is 0.542. The lowest BCUT2D eigenvalue weighted by molar-refractivity contribution is -0.384. The topological polar surface area (TPSA) is 85.0 Å². The van der Waals surface area contributed by atoms with Gasteiger partial charge < -0.3 is 10.7 Å². The van der Waals surface area contributed by atoms with Crippen LogP contribution in [0, 0.1) is 10.1 Å². The van der Waals surface area contributed by atoms with Crippen molar-refractivity contribution in [2.45, 2.75) is 0 Å². The van der Waals surface area contributed by atoms with E-state index in [1.807, 2.05) is 24.3 Å². The van der Waals surface area contributed by atoms with E-state index in [9.17, 15) is 10.1 Å². The minimum absolute atomic E-state index is 0.0546. The van der Waals surface area contributed by atoms with E-state index in [1.165, 1.54) is 6.07 Å². The number of rotatable bonds is 2. The van der Waals surface area contributed by atoms with Crippen molar-refractivity contribution in [3.05, 3.63) is 58.6 Å². The van der Waals surface area contributed by atoms with Gasteiger partial charge in [0.25, 0.3) is 5.69 Å². The number of nitrogen functional groups attached to an aromatic ring is 1. The van der Waals surface area contributed by atoms with Crippen LogP contribution in [0.4, 0.5) is 11.5 Å². The number of anilines is 1. The number of para-hydroxylation sites is 2. The highest BCUT2D eigenvalue weighted by Gasteiger charge is 2.19. The number of aromatic amines is 1. The van der Waals surface area contributed by atoms with Crippen molar-refractivity contribution < 1.29 is 4.92 Å². The predicted octanol–water partition coefficient (Wildman–Crippen LogP) is 3.33. The number of nitrogens with zero attached hydrogens (tertiary/aromatic N) is 1. The molecule has 0 unspecified atom stereocenters. The maximum atomic E-state index is 11.1. The Morgan fingerprint density at radius 1 is 1.05 bits per heavy atom. The van der Waals surface area contributed by atoms with Gasteiger partial charge in [0.15, 0.2) is 0 Å². The van der Waals surface area contributed by atoms with E-state index in [1.54, 1.807) is 18.2 Å². The number of benzene rings is 2. The predicted molar refractivity (Wildman–Crippen MR) is 74.8 cm³/mol.